The number of hydrogen-bond donors (Lipinski definition) is 1. The van der Waals surface area contributed by atoms with Gasteiger partial charge in [0, 0.05) is 11.5 Å². The standard InChI is InChI=1S/C10H8Br2IN3S/c1-4-7(13)10(14-2)16-9(15-4)6-3-5(11)8(12)17-6/h3H,1-2H3,(H,14,15,16). The highest BCUT2D eigenvalue weighted by molar-refractivity contribution is 14.1. The Hall–Kier alpha value is 0.270. The number of nitrogens with zero attached hydrogens (tertiary/aromatic N) is 2. The van der Waals surface area contributed by atoms with Crippen molar-refractivity contribution in [1.29, 1.82) is 0 Å². The molecule has 7 heteroatoms. The maximum Gasteiger partial charge on any atom is 0.172 e. The molecular formula is C10H8Br2IN3S. The molecule has 1 N–H and O–H groups in total. The van der Waals surface area contributed by atoms with E-state index < -0.39 is 0 Å². The van der Waals surface area contributed by atoms with Crippen LogP contribution in [0.15, 0.2) is 14.3 Å². The molecule has 0 aliphatic carbocycles. The number of rotatable bonds is 2. The molecule has 0 unspecified atom stereocenters. The van der Waals surface area contributed by atoms with Crippen molar-refractivity contribution in [3.8, 4) is 10.7 Å². The van der Waals surface area contributed by atoms with Crippen LogP contribution in [0.25, 0.3) is 10.7 Å². The quantitative estimate of drug-likeness (QED) is 0.623. The zero-order valence-electron chi connectivity index (χ0n) is 9.01. The van der Waals surface area contributed by atoms with Crippen LogP contribution in [0.3, 0.4) is 0 Å². The lowest BCUT2D eigenvalue weighted by Crippen LogP contribution is -2.02. The Balaban J connectivity index is 2.56. The molecule has 0 fully saturated rings. The summed E-state index contributed by atoms with van der Waals surface area (Å²) in [6.45, 7) is 1.99. The van der Waals surface area contributed by atoms with Crippen molar-refractivity contribution in [2.75, 3.05) is 12.4 Å². The molecule has 0 saturated carbocycles. The van der Waals surface area contributed by atoms with Gasteiger partial charge in [-0.2, -0.15) is 0 Å². The van der Waals surface area contributed by atoms with Crippen molar-refractivity contribution >= 4 is 71.6 Å². The number of anilines is 1. The minimum atomic E-state index is 0.753. The largest absolute Gasteiger partial charge is 0.372 e. The third-order valence-electron chi connectivity index (χ3n) is 2.12. The lowest BCUT2D eigenvalue weighted by atomic mass is 10.3. The first-order chi connectivity index (χ1) is 8.02. The van der Waals surface area contributed by atoms with Crippen LogP contribution >= 0.6 is 65.8 Å². The monoisotopic (exact) mass is 487 g/mol. The Labute approximate surface area is 134 Å². The molecule has 17 heavy (non-hydrogen) atoms. The average Bonchev–Trinajstić information content (AvgIpc) is 2.63. The topological polar surface area (TPSA) is 37.8 Å². The lowest BCUT2D eigenvalue weighted by Gasteiger charge is -2.07. The molecule has 0 saturated heterocycles. The third-order valence-corrected chi connectivity index (χ3v) is 6.66. The van der Waals surface area contributed by atoms with Gasteiger partial charge in [-0.1, -0.05) is 0 Å². The minimum absolute atomic E-state index is 0.753. The van der Waals surface area contributed by atoms with Crippen molar-refractivity contribution in [2.45, 2.75) is 6.92 Å². The van der Waals surface area contributed by atoms with E-state index in [-0.39, 0.29) is 0 Å². The van der Waals surface area contributed by atoms with Gasteiger partial charge in [0.2, 0.25) is 0 Å². The molecule has 2 aromatic rings. The van der Waals surface area contributed by atoms with Crippen molar-refractivity contribution < 1.29 is 0 Å². The van der Waals surface area contributed by atoms with E-state index in [1.165, 1.54) is 0 Å². The van der Waals surface area contributed by atoms with E-state index in [0.717, 1.165) is 34.0 Å². The summed E-state index contributed by atoms with van der Waals surface area (Å²) in [5, 5.41) is 3.09. The Kier molecular flexibility index (Phi) is 4.43. The summed E-state index contributed by atoms with van der Waals surface area (Å²) in [6, 6.07) is 2.02. The van der Waals surface area contributed by atoms with Crippen molar-refractivity contribution in [3.05, 3.63) is 23.6 Å². The molecule has 2 aromatic heterocycles. The van der Waals surface area contributed by atoms with Crippen LogP contribution < -0.4 is 5.32 Å². The molecule has 3 nitrogen and oxygen atoms in total. The first-order valence-electron chi connectivity index (χ1n) is 4.70. The summed E-state index contributed by atoms with van der Waals surface area (Å²) in [5.74, 6) is 1.62. The highest BCUT2D eigenvalue weighted by Crippen LogP contribution is 2.37. The molecule has 0 spiro atoms. The smallest absolute Gasteiger partial charge is 0.172 e. The van der Waals surface area contributed by atoms with Crippen LogP contribution in [0.4, 0.5) is 5.82 Å². The number of thiophene rings is 1. The van der Waals surface area contributed by atoms with E-state index in [1.807, 2.05) is 20.0 Å². The summed E-state index contributed by atoms with van der Waals surface area (Å²) in [7, 11) is 1.87. The molecule has 2 rings (SSSR count). The number of hydrogen-bond acceptors (Lipinski definition) is 4. The molecule has 0 aliphatic rings. The van der Waals surface area contributed by atoms with Crippen LogP contribution in [0.5, 0.6) is 0 Å². The van der Waals surface area contributed by atoms with E-state index in [2.05, 4.69) is 69.7 Å². The molecule has 0 radical (unpaired) electrons. The first kappa shape index (κ1) is 13.7. The van der Waals surface area contributed by atoms with Gasteiger partial charge in [-0.25, -0.2) is 9.97 Å². The fraction of sp³-hybridized carbons (Fsp3) is 0.200. The molecule has 0 bridgehead atoms. The average molecular weight is 489 g/mol. The van der Waals surface area contributed by atoms with Gasteiger partial charge in [-0.15, -0.1) is 11.3 Å². The van der Waals surface area contributed by atoms with Crippen LogP contribution in [0.2, 0.25) is 0 Å². The summed E-state index contributed by atoms with van der Waals surface area (Å²) in [4.78, 5) is 10.1. The van der Waals surface area contributed by atoms with Gasteiger partial charge in [0.15, 0.2) is 5.82 Å². The summed E-state index contributed by atoms with van der Waals surface area (Å²) in [6.07, 6.45) is 0. The highest BCUT2D eigenvalue weighted by Gasteiger charge is 2.13. The van der Waals surface area contributed by atoms with Crippen molar-refractivity contribution in [1.82, 2.24) is 9.97 Å². The van der Waals surface area contributed by atoms with Gasteiger partial charge in [0.25, 0.3) is 0 Å². The van der Waals surface area contributed by atoms with E-state index in [1.54, 1.807) is 11.3 Å². The van der Waals surface area contributed by atoms with Crippen LogP contribution in [0, 0.1) is 10.5 Å². The predicted molar refractivity (Wildman–Crippen MR) is 87.7 cm³/mol. The number of aromatic nitrogens is 2. The van der Waals surface area contributed by atoms with E-state index >= 15 is 0 Å². The number of halogens is 3. The lowest BCUT2D eigenvalue weighted by molar-refractivity contribution is 1.09. The Morgan fingerprint density at radius 3 is 2.59 bits per heavy atom. The summed E-state index contributed by atoms with van der Waals surface area (Å²) < 4.78 is 3.14. The third kappa shape index (κ3) is 2.82. The van der Waals surface area contributed by atoms with Crippen LogP contribution in [-0.2, 0) is 0 Å². The molecule has 0 atom stereocenters. The van der Waals surface area contributed by atoms with Crippen molar-refractivity contribution in [2.24, 2.45) is 0 Å². The van der Waals surface area contributed by atoms with E-state index in [9.17, 15) is 0 Å². The fourth-order valence-electron chi connectivity index (χ4n) is 1.29. The summed E-state index contributed by atoms with van der Waals surface area (Å²) >= 11 is 10.8. The summed E-state index contributed by atoms with van der Waals surface area (Å²) in [5.41, 5.74) is 0.987. The van der Waals surface area contributed by atoms with E-state index in [4.69, 9.17) is 0 Å². The number of nitrogens with one attached hydrogen (secondary N) is 1. The second kappa shape index (κ2) is 5.50. The molecule has 0 aromatic carbocycles. The minimum Gasteiger partial charge on any atom is -0.372 e. The van der Waals surface area contributed by atoms with Gasteiger partial charge in [-0.05, 0) is 67.4 Å². The molecular weight excluding hydrogens is 481 g/mol. The zero-order valence-corrected chi connectivity index (χ0v) is 15.2. The van der Waals surface area contributed by atoms with Crippen molar-refractivity contribution in [3.63, 3.8) is 0 Å². The molecule has 0 aliphatic heterocycles. The SMILES string of the molecule is CNc1nc(-c2cc(Br)c(Br)s2)nc(C)c1I. The second-order valence-electron chi connectivity index (χ2n) is 3.28. The van der Waals surface area contributed by atoms with Gasteiger partial charge >= 0.3 is 0 Å². The highest BCUT2D eigenvalue weighted by atomic mass is 127. The second-order valence-corrected chi connectivity index (χ2v) is 7.58. The van der Waals surface area contributed by atoms with Crippen LogP contribution in [0.1, 0.15) is 5.69 Å². The normalized spacial score (nSPS) is 10.6. The Morgan fingerprint density at radius 1 is 1.35 bits per heavy atom. The first-order valence-corrected chi connectivity index (χ1v) is 8.18. The van der Waals surface area contributed by atoms with Gasteiger partial charge in [0.1, 0.15) is 5.82 Å². The molecule has 2 heterocycles. The Bertz CT molecular complexity index is 551. The Morgan fingerprint density at radius 2 is 2.06 bits per heavy atom. The zero-order chi connectivity index (χ0) is 12.6. The van der Waals surface area contributed by atoms with Gasteiger partial charge in [-0.3, -0.25) is 0 Å². The fourth-order valence-corrected chi connectivity index (χ4v) is 3.77. The maximum atomic E-state index is 4.52. The predicted octanol–water partition coefficient (Wildman–Crippen LogP) is 4.68. The number of aryl methyl sites for hydroxylation is 1. The maximum absolute atomic E-state index is 4.52. The molecule has 90 valence electrons. The molecule has 0 amide bonds. The van der Waals surface area contributed by atoms with Gasteiger partial charge < -0.3 is 5.32 Å². The van der Waals surface area contributed by atoms with Gasteiger partial charge in [0.05, 0.1) is 17.9 Å². The van der Waals surface area contributed by atoms with E-state index in [0.29, 0.717) is 0 Å². The van der Waals surface area contributed by atoms with Crippen LogP contribution in [-0.4, -0.2) is 17.0 Å².